The fourth-order valence-corrected chi connectivity index (χ4v) is 2.58. The summed E-state index contributed by atoms with van der Waals surface area (Å²) in [6.45, 7) is 1.51. The standard InChI is InChI=1S/C14H21F2N3/c1-18(2)11-4-3-7-19(9-11)12-6-5-10(8-17)13(15)14(12)16/h5-6,11H,3-4,7-9,17H2,1-2H3. The van der Waals surface area contributed by atoms with E-state index in [0.29, 0.717) is 11.7 Å². The Bertz CT molecular complexity index is 449. The van der Waals surface area contributed by atoms with E-state index >= 15 is 0 Å². The van der Waals surface area contributed by atoms with Gasteiger partial charge < -0.3 is 15.5 Å². The van der Waals surface area contributed by atoms with Crippen molar-refractivity contribution in [1.29, 1.82) is 0 Å². The molecule has 1 aromatic carbocycles. The molecule has 1 aromatic rings. The van der Waals surface area contributed by atoms with Crippen LogP contribution >= 0.6 is 0 Å². The van der Waals surface area contributed by atoms with Gasteiger partial charge in [-0.15, -0.1) is 0 Å². The van der Waals surface area contributed by atoms with E-state index in [1.807, 2.05) is 19.0 Å². The summed E-state index contributed by atoms with van der Waals surface area (Å²) in [6.07, 6.45) is 2.08. The molecule has 1 aliphatic heterocycles. The first-order valence-corrected chi connectivity index (χ1v) is 6.63. The largest absolute Gasteiger partial charge is 0.368 e. The van der Waals surface area contributed by atoms with Crippen molar-refractivity contribution in [2.75, 3.05) is 32.1 Å². The van der Waals surface area contributed by atoms with Crippen molar-refractivity contribution in [2.24, 2.45) is 5.73 Å². The van der Waals surface area contributed by atoms with E-state index in [9.17, 15) is 8.78 Å². The predicted octanol–water partition coefficient (Wildman–Crippen LogP) is 1.95. The summed E-state index contributed by atoms with van der Waals surface area (Å²) in [5.74, 6) is -1.59. The van der Waals surface area contributed by atoms with E-state index in [1.54, 1.807) is 12.1 Å². The third kappa shape index (κ3) is 2.87. The highest BCUT2D eigenvalue weighted by Gasteiger charge is 2.25. The summed E-state index contributed by atoms with van der Waals surface area (Å²) >= 11 is 0. The minimum absolute atomic E-state index is 0.0172. The Hall–Kier alpha value is -1.20. The average Bonchev–Trinajstić information content (AvgIpc) is 2.42. The van der Waals surface area contributed by atoms with Crippen LogP contribution in [0.5, 0.6) is 0 Å². The van der Waals surface area contributed by atoms with E-state index < -0.39 is 11.6 Å². The smallest absolute Gasteiger partial charge is 0.182 e. The van der Waals surface area contributed by atoms with E-state index in [2.05, 4.69) is 4.90 Å². The molecule has 0 bridgehead atoms. The molecule has 3 nitrogen and oxygen atoms in total. The van der Waals surface area contributed by atoms with Crippen molar-refractivity contribution < 1.29 is 8.78 Å². The van der Waals surface area contributed by atoms with E-state index in [4.69, 9.17) is 5.73 Å². The SMILES string of the molecule is CN(C)C1CCCN(c2ccc(CN)c(F)c2F)C1. The fraction of sp³-hybridized carbons (Fsp3) is 0.571. The Morgan fingerprint density at radius 2 is 2.05 bits per heavy atom. The summed E-state index contributed by atoms with van der Waals surface area (Å²) in [5, 5.41) is 0. The molecule has 0 amide bonds. The predicted molar refractivity (Wildman–Crippen MR) is 73.2 cm³/mol. The number of anilines is 1. The van der Waals surface area contributed by atoms with Crippen LogP contribution in [-0.2, 0) is 6.54 Å². The zero-order valence-electron chi connectivity index (χ0n) is 11.5. The Balaban J connectivity index is 2.24. The third-order valence-electron chi connectivity index (χ3n) is 3.83. The van der Waals surface area contributed by atoms with Crippen LogP contribution in [-0.4, -0.2) is 38.1 Å². The number of piperidine rings is 1. The lowest BCUT2D eigenvalue weighted by Gasteiger charge is -2.37. The van der Waals surface area contributed by atoms with Crippen LogP contribution in [0.4, 0.5) is 14.5 Å². The molecule has 19 heavy (non-hydrogen) atoms. The van der Waals surface area contributed by atoms with Gasteiger partial charge in [0, 0.05) is 31.2 Å². The molecule has 0 aromatic heterocycles. The molecule has 1 fully saturated rings. The summed E-state index contributed by atoms with van der Waals surface area (Å²) in [4.78, 5) is 4.06. The number of likely N-dealkylation sites (N-methyl/N-ethyl adjacent to an activating group) is 1. The number of hydrogen-bond acceptors (Lipinski definition) is 3. The molecule has 0 spiro atoms. The first kappa shape index (κ1) is 14.2. The van der Waals surface area contributed by atoms with Crippen molar-refractivity contribution in [3.05, 3.63) is 29.3 Å². The fourth-order valence-electron chi connectivity index (χ4n) is 2.58. The van der Waals surface area contributed by atoms with Crippen molar-refractivity contribution in [3.63, 3.8) is 0 Å². The van der Waals surface area contributed by atoms with Gasteiger partial charge in [0.25, 0.3) is 0 Å². The van der Waals surface area contributed by atoms with Gasteiger partial charge in [0.15, 0.2) is 11.6 Å². The second-order valence-electron chi connectivity index (χ2n) is 5.28. The zero-order chi connectivity index (χ0) is 14.0. The van der Waals surface area contributed by atoms with Crippen LogP contribution < -0.4 is 10.6 Å². The lowest BCUT2D eigenvalue weighted by molar-refractivity contribution is 0.257. The molecule has 1 atom stereocenters. The van der Waals surface area contributed by atoms with Crippen LogP contribution in [0.25, 0.3) is 0 Å². The van der Waals surface area contributed by atoms with Crippen LogP contribution in [0.3, 0.4) is 0 Å². The Labute approximate surface area is 113 Å². The summed E-state index contributed by atoms with van der Waals surface area (Å²) in [6, 6.07) is 3.59. The van der Waals surface area contributed by atoms with Gasteiger partial charge in [-0.3, -0.25) is 0 Å². The van der Waals surface area contributed by atoms with Crippen LogP contribution in [0.2, 0.25) is 0 Å². The lowest BCUT2D eigenvalue weighted by Crippen LogP contribution is -2.45. The minimum Gasteiger partial charge on any atom is -0.368 e. The molecule has 0 radical (unpaired) electrons. The molecular formula is C14H21F2N3. The first-order valence-electron chi connectivity index (χ1n) is 6.63. The lowest BCUT2D eigenvalue weighted by atomic mass is 10.0. The second-order valence-corrected chi connectivity index (χ2v) is 5.28. The van der Waals surface area contributed by atoms with E-state index in [1.165, 1.54) is 0 Å². The van der Waals surface area contributed by atoms with Gasteiger partial charge in [0.1, 0.15) is 0 Å². The summed E-state index contributed by atoms with van der Waals surface area (Å²) in [7, 11) is 4.03. The Morgan fingerprint density at radius 3 is 2.68 bits per heavy atom. The number of nitrogens with zero attached hydrogens (tertiary/aromatic N) is 2. The quantitative estimate of drug-likeness (QED) is 0.910. The Morgan fingerprint density at radius 1 is 1.32 bits per heavy atom. The molecule has 1 aliphatic rings. The molecule has 0 aliphatic carbocycles. The average molecular weight is 269 g/mol. The van der Waals surface area contributed by atoms with Crippen molar-refractivity contribution >= 4 is 5.69 Å². The van der Waals surface area contributed by atoms with Gasteiger partial charge >= 0.3 is 0 Å². The molecule has 5 heteroatoms. The number of halogens is 2. The topological polar surface area (TPSA) is 32.5 Å². The minimum atomic E-state index is -0.813. The maximum atomic E-state index is 14.1. The van der Waals surface area contributed by atoms with Crippen LogP contribution in [0.1, 0.15) is 18.4 Å². The van der Waals surface area contributed by atoms with Gasteiger partial charge in [0.2, 0.25) is 0 Å². The molecule has 106 valence electrons. The second kappa shape index (κ2) is 5.84. The highest BCUT2D eigenvalue weighted by atomic mass is 19.2. The van der Waals surface area contributed by atoms with Gasteiger partial charge in [-0.2, -0.15) is 0 Å². The maximum Gasteiger partial charge on any atom is 0.182 e. The zero-order valence-corrected chi connectivity index (χ0v) is 11.5. The monoisotopic (exact) mass is 269 g/mol. The number of rotatable bonds is 3. The van der Waals surface area contributed by atoms with Gasteiger partial charge in [-0.1, -0.05) is 6.07 Å². The molecule has 1 unspecified atom stereocenters. The molecular weight excluding hydrogens is 248 g/mol. The molecule has 1 saturated heterocycles. The normalized spacial score (nSPS) is 20.1. The highest BCUT2D eigenvalue weighted by molar-refractivity contribution is 5.50. The van der Waals surface area contributed by atoms with Crippen molar-refractivity contribution in [3.8, 4) is 0 Å². The van der Waals surface area contributed by atoms with Crippen LogP contribution in [0, 0.1) is 11.6 Å². The van der Waals surface area contributed by atoms with Crippen LogP contribution in [0.15, 0.2) is 12.1 Å². The number of nitrogens with two attached hydrogens (primary N) is 1. The number of benzene rings is 1. The summed E-state index contributed by atoms with van der Waals surface area (Å²) in [5.41, 5.74) is 5.96. The maximum absolute atomic E-state index is 14.1. The van der Waals surface area contributed by atoms with E-state index in [-0.39, 0.29) is 12.1 Å². The Kier molecular flexibility index (Phi) is 4.37. The number of hydrogen-bond donors (Lipinski definition) is 1. The molecule has 0 saturated carbocycles. The van der Waals surface area contributed by atoms with E-state index in [0.717, 1.165) is 25.9 Å². The summed E-state index contributed by atoms with van der Waals surface area (Å²) < 4.78 is 27.9. The molecule has 2 N–H and O–H groups in total. The van der Waals surface area contributed by atoms with Gasteiger partial charge in [-0.25, -0.2) is 8.78 Å². The van der Waals surface area contributed by atoms with Crippen molar-refractivity contribution in [1.82, 2.24) is 4.90 Å². The third-order valence-corrected chi connectivity index (χ3v) is 3.83. The highest BCUT2D eigenvalue weighted by Crippen LogP contribution is 2.27. The first-order chi connectivity index (χ1) is 9.04. The van der Waals surface area contributed by atoms with Gasteiger partial charge in [0.05, 0.1) is 5.69 Å². The molecule has 2 rings (SSSR count). The molecule has 1 heterocycles. The van der Waals surface area contributed by atoms with Gasteiger partial charge in [-0.05, 0) is 33.0 Å². The van der Waals surface area contributed by atoms with Crippen molar-refractivity contribution in [2.45, 2.75) is 25.4 Å².